The second-order valence-corrected chi connectivity index (χ2v) is 10.9. The number of rotatable bonds is 6. The fraction of sp³-hybridized carbons (Fsp3) is 0.267. The summed E-state index contributed by atoms with van der Waals surface area (Å²) in [6, 6.07) is 6.05. The Hall–Kier alpha value is -5.20. The quantitative estimate of drug-likeness (QED) is 0.285. The molecule has 13 heteroatoms. The Bertz CT molecular complexity index is 1930. The molecule has 2 aliphatic heterocycles. The van der Waals surface area contributed by atoms with Gasteiger partial charge in [-0.2, -0.15) is 0 Å². The summed E-state index contributed by atoms with van der Waals surface area (Å²) in [6.45, 7) is 7.20. The van der Waals surface area contributed by atoms with E-state index in [1.165, 1.54) is 30.9 Å². The minimum absolute atomic E-state index is 0.0633. The van der Waals surface area contributed by atoms with Crippen molar-refractivity contribution in [2.45, 2.75) is 19.4 Å². The van der Waals surface area contributed by atoms with E-state index in [-0.39, 0.29) is 34.7 Å². The van der Waals surface area contributed by atoms with Crippen LogP contribution < -0.4 is 15.0 Å². The van der Waals surface area contributed by atoms with E-state index >= 15 is 4.39 Å². The van der Waals surface area contributed by atoms with E-state index in [0.29, 0.717) is 59.4 Å². The minimum Gasteiger partial charge on any atom is -0.457 e. The van der Waals surface area contributed by atoms with Crippen molar-refractivity contribution < 1.29 is 18.3 Å². The van der Waals surface area contributed by atoms with E-state index in [4.69, 9.17) is 9.72 Å². The monoisotopic (exact) mass is 583 g/mol. The summed E-state index contributed by atoms with van der Waals surface area (Å²) in [6.07, 6.45) is 6.78. The van der Waals surface area contributed by atoms with Crippen molar-refractivity contribution in [1.29, 1.82) is 0 Å². The number of aryl methyl sites for hydroxylation is 1. The molecule has 0 unspecified atom stereocenters. The van der Waals surface area contributed by atoms with Gasteiger partial charge < -0.3 is 24.4 Å². The standard InChI is InChI=1S/C30H27F2N9O2/c1-4-25(42)41-12-17-7-18(41)13-40(11-17)30-33-10-23-27(38-30)29(35-14-34-23)37-21-5-6-24(16(2)26(21)32)43-19-8-20(31)28-22(9-19)36-15-39(28)3/h4-6,8-10,14-15,17-18H,1,7,11-13H2,2-3H3,(H,34,35,37)/t17-,18+/m1/s1. The topological polar surface area (TPSA) is 114 Å². The van der Waals surface area contributed by atoms with Crippen LogP contribution in [0, 0.1) is 24.5 Å². The van der Waals surface area contributed by atoms with E-state index in [0.717, 1.165) is 6.42 Å². The van der Waals surface area contributed by atoms with Crippen LogP contribution in [-0.4, -0.2) is 66.0 Å². The van der Waals surface area contributed by atoms with E-state index in [2.05, 4.69) is 36.7 Å². The third-order valence-electron chi connectivity index (χ3n) is 8.07. The van der Waals surface area contributed by atoms with Gasteiger partial charge in [0.25, 0.3) is 0 Å². The molecule has 3 aromatic heterocycles. The normalized spacial score (nSPS) is 18.0. The predicted molar refractivity (Wildman–Crippen MR) is 156 cm³/mol. The van der Waals surface area contributed by atoms with Gasteiger partial charge in [0.15, 0.2) is 17.5 Å². The fourth-order valence-corrected chi connectivity index (χ4v) is 6.00. The Morgan fingerprint density at radius 1 is 1.12 bits per heavy atom. The van der Waals surface area contributed by atoms with Crippen LogP contribution in [0.3, 0.4) is 0 Å². The Morgan fingerprint density at radius 2 is 1.98 bits per heavy atom. The summed E-state index contributed by atoms with van der Waals surface area (Å²) in [4.78, 5) is 38.3. The second-order valence-electron chi connectivity index (χ2n) is 10.9. The number of amides is 1. The van der Waals surface area contributed by atoms with Gasteiger partial charge in [0, 0.05) is 50.4 Å². The van der Waals surface area contributed by atoms with Gasteiger partial charge in [-0.05, 0) is 37.5 Å². The van der Waals surface area contributed by atoms with Gasteiger partial charge in [-0.1, -0.05) is 6.58 Å². The zero-order valence-corrected chi connectivity index (χ0v) is 23.5. The molecule has 1 N–H and O–H groups in total. The van der Waals surface area contributed by atoms with Crippen molar-refractivity contribution in [3.05, 3.63) is 73.0 Å². The smallest absolute Gasteiger partial charge is 0.246 e. The van der Waals surface area contributed by atoms with Gasteiger partial charge in [0.2, 0.25) is 11.9 Å². The number of hydrogen-bond acceptors (Lipinski definition) is 9. The van der Waals surface area contributed by atoms with Crippen LogP contribution in [0.15, 0.2) is 55.8 Å². The van der Waals surface area contributed by atoms with Gasteiger partial charge in [0.1, 0.15) is 34.4 Å². The molecule has 0 aliphatic carbocycles. The number of hydrogen-bond donors (Lipinski definition) is 1. The van der Waals surface area contributed by atoms with Crippen molar-refractivity contribution in [2.75, 3.05) is 29.9 Å². The third-order valence-corrected chi connectivity index (χ3v) is 8.07. The molecule has 5 heterocycles. The highest BCUT2D eigenvalue weighted by Gasteiger charge is 2.41. The average molecular weight is 584 g/mol. The van der Waals surface area contributed by atoms with Crippen LogP contribution in [-0.2, 0) is 11.8 Å². The SMILES string of the molecule is C=CC(=O)N1C[C@@H]2C[C@H]1CN(c1ncc3ncnc(Nc4ccc(Oc5cc(F)c6c(c5)ncn6C)c(C)c4F)c3n1)C2. The highest BCUT2D eigenvalue weighted by atomic mass is 19.1. The number of ether oxygens (including phenoxy) is 1. The van der Waals surface area contributed by atoms with Gasteiger partial charge >= 0.3 is 0 Å². The van der Waals surface area contributed by atoms with Crippen molar-refractivity contribution in [1.82, 2.24) is 34.4 Å². The highest BCUT2D eigenvalue weighted by Crippen LogP contribution is 2.35. The summed E-state index contributed by atoms with van der Waals surface area (Å²) >= 11 is 0. The number of fused-ring (bicyclic) bond motifs is 4. The van der Waals surface area contributed by atoms with Gasteiger partial charge in [-0.3, -0.25) is 4.79 Å². The maximum absolute atomic E-state index is 15.6. The molecule has 2 fully saturated rings. The fourth-order valence-electron chi connectivity index (χ4n) is 6.00. The number of piperidine rings is 1. The van der Waals surface area contributed by atoms with Gasteiger partial charge in [0.05, 0.1) is 23.7 Å². The average Bonchev–Trinajstić information content (AvgIpc) is 3.54. The van der Waals surface area contributed by atoms with Crippen molar-refractivity contribution in [3.63, 3.8) is 0 Å². The van der Waals surface area contributed by atoms with Gasteiger partial charge in [-0.25, -0.2) is 33.7 Å². The first-order valence-electron chi connectivity index (χ1n) is 13.8. The first kappa shape index (κ1) is 26.7. The summed E-state index contributed by atoms with van der Waals surface area (Å²) in [7, 11) is 1.70. The Labute approximate surface area is 244 Å². The number of benzene rings is 2. The molecule has 5 aromatic rings. The zero-order valence-electron chi connectivity index (χ0n) is 23.5. The van der Waals surface area contributed by atoms with Crippen molar-refractivity contribution in [2.24, 2.45) is 13.0 Å². The Kier molecular flexibility index (Phi) is 6.37. The van der Waals surface area contributed by atoms with Crippen LogP contribution in [0.1, 0.15) is 12.0 Å². The van der Waals surface area contributed by atoms with E-state index in [1.807, 2.05) is 4.90 Å². The lowest BCUT2D eigenvalue weighted by molar-refractivity contribution is -0.126. The summed E-state index contributed by atoms with van der Waals surface area (Å²) in [5.74, 6) is 0.450. The minimum atomic E-state index is -0.558. The molecule has 2 atom stereocenters. The Balaban J connectivity index is 1.15. The molecule has 11 nitrogen and oxygen atoms in total. The number of nitrogens with zero attached hydrogens (tertiary/aromatic N) is 8. The van der Waals surface area contributed by atoms with Crippen LogP contribution >= 0.6 is 0 Å². The number of likely N-dealkylation sites (tertiary alicyclic amines) is 1. The summed E-state index contributed by atoms with van der Waals surface area (Å²) in [5.41, 5.74) is 2.10. The molecule has 2 aromatic carbocycles. The Morgan fingerprint density at radius 3 is 2.81 bits per heavy atom. The summed E-state index contributed by atoms with van der Waals surface area (Å²) in [5, 5.41) is 3.05. The number of halogens is 2. The van der Waals surface area contributed by atoms with E-state index < -0.39 is 11.6 Å². The maximum atomic E-state index is 15.6. The number of imidazole rings is 1. The molecule has 2 saturated heterocycles. The molecular formula is C30H27F2N9O2. The van der Waals surface area contributed by atoms with Crippen molar-refractivity contribution >= 4 is 45.4 Å². The third kappa shape index (κ3) is 4.66. The molecule has 218 valence electrons. The molecule has 2 bridgehead atoms. The number of aromatic nitrogens is 6. The lowest BCUT2D eigenvalue weighted by Crippen LogP contribution is -2.44. The molecular weight excluding hydrogens is 556 g/mol. The molecule has 1 amide bonds. The van der Waals surface area contributed by atoms with E-state index in [1.54, 1.807) is 36.9 Å². The lowest BCUT2D eigenvalue weighted by Gasteiger charge is -2.32. The molecule has 43 heavy (non-hydrogen) atoms. The zero-order chi connectivity index (χ0) is 29.8. The number of carbonyl (C=O) groups is 1. The second kappa shape index (κ2) is 10.3. The van der Waals surface area contributed by atoms with Crippen LogP contribution in [0.4, 0.5) is 26.2 Å². The van der Waals surface area contributed by atoms with Gasteiger partial charge in [-0.15, -0.1) is 0 Å². The molecule has 0 saturated carbocycles. The van der Waals surface area contributed by atoms with Crippen molar-refractivity contribution in [3.8, 4) is 11.5 Å². The van der Waals surface area contributed by atoms with E-state index in [9.17, 15) is 9.18 Å². The van der Waals surface area contributed by atoms with Crippen LogP contribution in [0.2, 0.25) is 0 Å². The molecule has 0 spiro atoms. The number of nitrogens with one attached hydrogen (secondary N) is 1. The number of carbonyl (C=O) groups excluding carboxylic acids is 1. The summed E-state index contributed by atoms with van der Waals surface area (Å²) < 4.78 is 37.7. The molecule has 2 aliphatic rings. The predicted octanol–water partition coefficient (Wildman–Crippen LogP) is 4.65. The molecule has 0 radical (unpaired) electrons. The number of anilines is 3. The first-order chi connectivity index (χ1) is 20.8. The highest BCUT2D eigenvalue weighted by molar-refractivity contribution is 5.88. The maximum Gasteiger partial charge on any atom is 0.246 e. The lowest BCUT2D eigenvalue weighted by atomic mass is 10.0. The molecule has 7 rings (SSSR count). The largest absolute Gasteiger partial charge is 0.457 e. The first-order valence-corrected chi connectivity index (χ1v) is 13.8. The van der Waals surface area contributed by atoms with Crippen LogP contribution in [0.25, 0.3) is 22.1 Å². The van der Waals surface area contributed by atoms with Crippen LogP contribution in [0.5, 0.6) is 11.5 Å².